The third-order valence-corrected chi connectivity index (χ3v) is 3.85. The van der Waals surface area contributed by atoms with Gasteiger partial charge < -0.3 is 14.8 Å². The van der Waals surface area contributed by atoms with Crippen molar-refractivity contribution in [3.8, 4) is 17.3 Å². The first-order valence-electron chi connectivity index (χ1n) is 7.30. The fourth-order valence-corrected chi connectivity index (χ4v) is 2.49. The molecule has 0 saturated carbocycles. The third kappa shape index (κ3) is 3.80. The molecule has 3 aromatic rings. The van der Waals surface area contributed by atoms with Crippen LogP contribution in [0.3, 0.4) is 0 Å². The van der Waals surface area contributed by atoms with Crippen LogP contribution < -0.4 is 14.8 Å². The van der Waals surface area contributed by atoms with Crippen LogP contribution >= 0.6 is 15.9 Å². The highest BCUT2D eigenvalue weighted by Crippen LogP contribution is 2.25. The highest BCUT2D eigenvalue weighted by atomic mass is 79.9. The van der Waals surface area contributed by atoms with Crippen LogP contribution in [0.2, 0.25) is 0 Å². The number of carbonyl (C=O) groups is 1. The van der Waals surface area contributed by atoms with Gasteiger partial charge in [0.1, 0.15) is 11.5 Å². The van der Waals surface area contributed by atoms with Gasteiger partial charge in [0.25, 0.3) is 5.91 Å². The quantitative estimate of drug-likeness (QED) is 0.708. The molecule has 3 rings (SSSR count). The van der Waals surface area contributed by atoms with Crippen molar-refractivity contribution in [2.75, 3.05) is 19.5 Å². The Hall–Kier alpha value is -2.87. The summed E-state index contributed by atoms with van der Waals surface area (Å²) in [6.45, 7) is 0. The maximum absolute atomic E-state index is 12.5. The van der Waals surface area contributed by atoms with E-state index < -0.39 is 0 Å². The summed E-state index contributed by atoms with van der Waals surface area (Å²) in [6.07, 6.45) is 5.04. The largest absolute Gasteiger partial charge is 0.497 e. The number of pyridine rings is 1. The van der Waals surface area contributed by atoms with Gasteiger partial charge in [0.05, 0.1) is 42.3 Å². The van der Waals surface area contributed by atoms with Crippen molar-refractivity contribution < 1.29 is 14.3 Å². The Kier molecular flexibility index (Phi) is 4.99. The molecule has 1 aromatic carbocycles. The predicted octanol–water partition coefficient (Wildman–Crippen LogP) is 3.30. The number of nitrogens with one attached hydrogen (secondary N) is 1. The van der Waals surface area contributed by atoms with Crippen LogP contribution in [0, 0.1) is 0 Å². The molecule has 0 aliphatic rings. The molecule has 1 amide bonds. The Bertz CT molecular complexity index is 893. The summed E-state index contributed by atoms with van der Waals surface area (Å²) < 4.78 is 12.9. The maximum Gasteiger partial charge on any atom is 0.259 e. The lowest BCUT2D eigenvalue weighted by Gasteiger charge is -2.11. The van der Waals surface area contributed by atoms with Crippen LogP contribution in [0.5, 0.6) is 11.5 Å². The van der Waals surface area contributed by atoms with Gasteiger partial charge in [-0.15, -0.1) is 0 Å². The van der Waals surface area contributed by atoms with E-state index in [2.05, 4.69) is 31.3 Å². The number of hydrogen-bond acceptors (Lipinski definition) is 5. The Morgan fingerprint density at radius 3 is 2.60 bits per heavy atom. The highest BCUT2D eigenvalue weighted by molar-refractivity contribution is 9.10. The van der Waals surface area contributed by atoms with Crippen molar-refractivity contribution in [2.24, 2.45) is 0 Å². The number of nitrogens with zero attached hydrogens (tertiary/aromatic N) is 3. The van der Waals surface area contributed by atoms with Gasteiger partial charge in [0, 0.05) is 12.3 Å². The maximum atomic E-state index is 12.5. The molecule has 25 heavy (non-hydrogen) atoms. The van der Waals surface area contributed by atoms with Crippen LogP contribution in [0.25, 0.3) is 5.82 Å². The minimum atomic E-state index is -0.295. The summed E-state index contributed by atoms with van der Waals surface area (Å²) in [7, 11) is 3.06. The van der Waals surface area contributed by atoms with Gasteiger partial charge in [-0.05, 0) is 40.2 Å². The lowest BCUT2D eigenvalue weighted by Crippen LogP contribution is -2.13. The zero-order valence-corrected chi connectivity index (χ0v) is 15.1. The monoisotopic (exact) mass is 402 g/mol. The van der Waals surface area contributed by atoms with Gasteiger partial charge >= 0.3 is 0 Å². The number of aromatic nitrogens is 3. The molecule has 0 saturated heterocycles. The van der Waals surface area contributed by atoms with Crippen LogP contribution in [-0.4, -0.2) is 34.9 Å². The SMILES string of the molecule is COc1ccc(C(=O)Nc2ccc(-n3cc(Br)cn3)nc2)c(OC)c1. The third-order valence-electron chi connectivity index (χ3n) is 3.44. The first-order valence-corrected chi connectivity index (χ1v) is 8.10. The van der Waals surface area contributed by atoms with Gasteiger partial charge in [0.15, 0.2) is 5.82 Å². The zero-order valence-electron chi connectivity index (χ0n) is 13.6. The first kappa shape index (κ1) is 17.0. The molecule has 0 fully saturated rings. The second-order valence-corrected chi connectivity index (χ2v) is 5.94. The van der Waals surface area contributed by atoms with Gasteiger partial charge in [-0.25, -0.2) is 9.67 Å². The number of amides is 1. The van der Waals surface area contributed by atoms with E-state index in [0.29, 0.717) is 28.6 Å². The number of carbonyl (C=O) groups excluding carboxylic acids is 1. The molecule has 2 aromatic heterocycles. The van der Waals surface area contributed by atoms with E-state index in [1.807, 2.05) is 0 Å². The number of halogens is 1. The predicted molar refractivity (Wildman–Crippen MR) is 96.6 cm³/mol. The van der Waals surface area contributed by atoms with E-state index in [1.54, 1.807) is 60.7 Å². The number of ether oxygens (including phenoxy) is 2. The van der Waals surface area contributed by atoms with E-state index in [4.69, 9.17) is 9.47 Å². The van der Waals surface area contributed by atoms with E-state index >= 15 is 0 Å². The smallest absolute Gasteiger partial charge is 0.259 e. The molecule has 2 heterocycles. The summed E-state index contributed by atoms with van der Waals surface area (Å²) >= 11 is 3.34. The molecule has 0 unspecified atom stereocenters. The van der Waals surface area contributed by atoms with E-state index in [1.165, 1.54) is 7.11 Å². The molecule has 8 heteroatoms. The van der Waals surface area contributed by atoms with Crippen molar-refractivity contribution >= 4 is 27.5 Å². The Balaban J connectivity index is 1.77. The normalized spacial score (nSPS) is 10.4. The van der Waals surface area contributed by atoms with Gasteiger partial charge in [-0.3, -0.25) is 4.79 Å². The summed E-state index contributed by atoms with van der Waals surface area (Å²) in [5.74, 6) is 1.40. The minimum absolute atomic E-state index is 0.295. The topological polar surface area (TPSA) is 78.3 Å². The van der Waals surface area contributed by atoms with Crippen molar-refractivity contribution in [3.05, 3.63) is 59.0 Å². The second kappa shape index (κ2) is 7.35. The first-order chi connectivity index (χ1) is 12.1. The van der Waals surface area contributed by atoms with Crippen LogP contribution in [0.1, 0.15) is 10.4 Å². The number of rotatable bonds is 5. The van der Waals surface area contributed by atoms with Gasteiger partial charge in [-0.2, -0.15) is 5.10 Å². The fourth-order valence-electron chi connectivity index (χ4n) is 2.21. The van der Waals surface area contributed by atoms with Gasteiger partial charge in [0.2, 0.25) is 0 Å². The molecule has 0 bridgehead atoms. The van der Waals surface area contributed by atoms with Gasteiger partial charge in [-0.1, -0.05) is 0 Å². The van der Waals surface area contributed by atoms with Crippen molar-refractivity contribution in [1.82, 2.24) is 14.8 Å². The summed E-state index contributed by atoms with van der Waals surface area (Å²) in [5.41, 5.74) is 0.973. The molecule has 0 atom stereocenters. The molecule has 1 N–H and O–H groups in total. The minimum Gasteiger partial charge on any atom is -0.497 e. The Morgan fingerprint density at radius 1 is 1.16 bits per heavy atom. The highest BCUT2D eigenvalue weighted by Gasteiger charge is 2.14. The van der Waals surface area contributed by atoms with E-state index in [-0.39, 0.29) is 5.91 Å². The van der Waals surface area contributed by atoms with Crippen LogP contribution in [0.4, 0.5) is 5.69 Å². The second-order valence-electron chi connectivity index (χ2n) is 5.03. The van der Waals surface area contributed by atoms with Crippen molar-refractivity contribution in [1.29, 1.82) is 0 Å². The molecule has 0 spiro atoms. The fraction of sp³-hybridized carbons (Fsp3) is 0.118. The van der Waals surface area contributed by atoms with E-state index in [9.17, 15) is 4.79 Å². The number of hydrogen-bond donors (Lipinski definition) is 1. The van der Waals surface area contributed by atoms with Crippen molar-refractivity contribution in [2.45, 2.75) is 0 Å². The van der Waals surface area contributed by atoms with Crippen molar-refractivity contribution in [3.63, 3.8) is 0 Å². The van der Waals surface area contributed by atoms with E-state index in [0.717, 1.165) is 4.47 Å². The molecule has 0 aliphatic carbocycles. The lowest BCUT2D eigenvalue weighted by molar-refractivity contribution is 0.102. The molecular weight excluding hydrogens is 388 g/mol. The van der Waals surface area contributed by atoms with Crippen LogP contribution in [-0.2, 0) is 0 Å². The number of benzene rings is 1. The Morgan fingerprint density at radius 2 is 2.00 bits per heavy atom. The average Bonchev–Trinajstić information content (AvgIpc) is 3.08. The Labute approximate surface area is 152 Å². The summed E-state index contributed by atoms with van der Waals surface area (Å²) in [5, 5.41) is 6.95. The molecule has 0 radical (unpaired) electrons. The molecule has 128 valence electrons. The standard InChI is InChI=1S/C17H15BrN4O3/c1-24-13-4-5-14(15(7-13)25-2)17(23)21-12-3-6-16(19-9-12)22-10-11(18)8-20-22/h3-10H,1-2H3,(H,21,23). The van der Waals surface area contributed by atoms with Crippen LogP contribution in [0.15, 0.2) is 53.4 Å². The average molecular weight is 403 g/mol. The molecule has 7 nitrogen and oxygen atoms in total. The molecule has 0 aliphatic heterocycles. The lowest BCUT2D eigenvalue weighted by atomic mass is 10.1. The molecular formula is C17H15BrN4O3. The summed E-state index contributed by atoms with van der Waals surface area (Å²) in [4.78, 5) is 16.8. The summed E-state index contributed by atoms with van der Waals surface area (Å²) in [6, 6.07) is 8.53. The zero-order chi connectivity index (χ0) is 17.8. The number of anilines is 1. The number of methoxy groups -OCH3 is 2.